The van der Waals surface area contributed by atoms with Gasteiger partial charge in [0.05, 0.1) is 6.10 Å². The lowest BCUT2D eigenvalue weighted by Crippen LogP contribution is -1.97. The van der Waals surface area contributed by atoms with E-state index in [1.54, 1.807) is 6.92 Å². The molecule has 0 aliphatic heterocycles. The summed E-state index contributed by atoms with van der Waals surface area (Å²) in [6, 6.07) is 0. The Bertz CT molecular complexity index is 247. The van der Waals surface area contributed by atoms with Gasteiger partial charge in [-0.2, -0.15) is 0 Å². The van der Waals surface area contributed by atoms with Crippen molar-refractivity contribution in [1.29, 1.82) is 0 Å². The Hall–Kier alpha value is -0.960. The first-order valence-corrected chi connectivity index (χ1v) is 5.52. The fourth-order valence-electron chi connectivity index (χ4n) is 1.02. The third-order valence-corrected chi connectivity index (χ3v) is 1.87. The SMILES string of the molecule is CC(O)CCCC#CC#CCCCCO. The average molecular weight is 208 g/mol. The molecule has 1 unspecified atom stereocenters. The van der Waals surface area contributed by atoms with Crippen molar-refractivity contribution in [3.05, 3.63) is 0 Å². The van der Waals surface area contributed by atoms with E-state index < -0.39 is 0 Å². The Balaban J connectivity index is 3.36. The van der Waals surface area contributed by atoms with Crippen LogP contribution in [0.15, 0.2) is 0 Å². The summed E-state index contributed by atoms with van der Waals surface area (Å²) in [5, 5.41) is 17.5. The molecule has 0 aliphatic rings. The minimum Gasteiger partial charge on any atom is -0.396 e. The van der Waals surface area contributed by atoms with Crippen molar-refractivity contribution < 1.29 is 10.2 Å². The summed E-state index contributed by atoms with van der Waals surface area (Å²) in [4.78, 5) is 0. The van der Waals surface area contributed by atoms with E-state index in [0.717, 1.165) is 38.5 Å². The Labute approximate surface area is 92.7 Å². The highest BCUT2D eigenvalue weighted by atomic mass is 16.3. The van der Waals surface area contributed by atoms with Gasteiger partial charge in [-0.15, -0.1) is 0 Å². The largest absolute Gasteiger partial charge is 0.396 e. The highest BCUT2D eigenvalue weighted by Crippen LogP contribution is 1.98. The second kappa shape index (κ2) is 11.1. The molecule has 1 atom stereocenters. The smallest absolute Gasteiger partial charge is 0.0512 e. The fourth-order valence-corrected chi connectivity index (χ4v) is 1.02. The second-order valence-electron chi connectivity index (χ2n) is 3.53. The molecule has 2 nitrogen and oxygen atoms in total. The van der Waals surface area contributed by atoms with Gasteiger partial charge in [-0.25, -0.2) is 0 Å². The summed E-state index contributed by atoms with van der Waals surface area (Å²) in [7, 11) is 0. The van der Waals surface area contributed by atoms with Crippen LogP contribution in [0, 0.1) is 23.7 Å². The van der Waals surface area contributed by atoms with Gasteiger partial charge < -0.3 is 10.2 Å². The summed E-state index contributed by atoms with van der Waals surface area (Å²) in [5.74, 6) is 11.4. The van der Waals surface area contributed by atoms with Gasteiger partial charge in [0.1, 0.15) is 0 Å². The third kappa shape index (κ3) is 13.0. The number of rotatable bonds is 6. The van der Waals surface area contributed by atoms with Gasteiger partial charge in [-0.3, -0.25) is 0 Å². The first kappa shape index (κ1) is 14.0. The molecule has 0 radical (unpaired) electrons. The summed E-state index contributed by atoms with van der Waals surface area (Å²) in [6.45, 7) is 2.03. The maximum atomic E-state index is 8.98. The zero-order chi connectivity index (χ0) is 11.4. The number of unbranched alkanes of at least 4 members (excludes halogenated alkanes) is 3. The maximum absolute atomic E-state index is 8.98. The van der Waals surface area contributed by atoms with Gasteiger partial charge in [0.25, 0.3) is 0 Å². The summed E-state index contributed by atoms with van der Waals surface area (Å²) in [6.07, 6.45) is 4.87. The van der Waals surface area contributed by atoms with Crippen molar-refractivity contribution in [3.8, 4) is 23.7 Å². The van der Waals surface area contributed by atoms with E-state index in [1.807, 2.05) is 0 Å². The summed E-state index contributed by atoms with van der Waals surface area (Å²) < 4.78 is 0. The Morgan fingerprint density at radius 3 is 2.13 bits per heavy atom. The number of aliphatic hydroxyl groups is 2. The monoisotopic (exact) mass is 208 g/mol. The molecule has 0 aromatic heterocycles. The third-order valence-electron chi connectivity index (χ3n) is 1.87. The van der Waals surface area contributed by atoms with Gasteiger partial charge in [-0.1, -0.05) is 11.8 Å². The van der Waals surface area contributed by atoms with Crippen LogP contribution in [-0.4, -0.2) is 22.9 Å². The lowest BCUT2D eigenvalue weighted by Gasteiger charge is -1.98. The molecule has 0 aromatic carbocycles. The molecule has 2 N–H and O–H groups in total. The summed E-state index contributed by atoms with van der Waals surface area (Å²) in [5.41, 5.74) is 0. The van der Waals surface area contributed by atoms with Gasteiger partial charge >= 0.3 is 0 Å². The van der Waals surface area contributed by atoms with Crippen LogP contribution >= 0.6 is 0 Å². The van der Waals surface area contributed by atoms with E-state index in [4.69, 9.17) is 10.2 Å². The van der Waals surface area contributed by atoms with E-state index in [9.17, 15) is 0 Å². The molecule has 84 valence electrons. The van der Waals surface area contributed by atoms with E-state index in [0.29, 0.717) is 0 Å². The van der Waals surface area contributed by atoms with Crippen LogP contribution in [0.4, 0.5) is 0 Å². The standard InChI is InChI=1S/C13H20O2/c1-13(15)11-9-7-5-3-2-4-6-8-10-12-14/h13-15H,6-12H2,1H3. The van der Waals surface area contributed by atoms with Gasteiger partial charge in [0.15, 0.2) is 0 Å². The minimum atomic E-state index is -0.226. The van der Waals surface area contributed by atoms with Crippen LogP contribution in [0.2, 0.25) is 0 Å². The summed E-state index contributed by atoms with van der Waals surface area (Å²) >= 11 is 0. The molecule has 2 heteroatoms. The van der Waals surface area contributed by atoms with E-state index in [2.05, 4.69) is 23.7 Å². The molecule has 0 heterocycles. The van der Waals surface area contributed by atoms with Gasteiger partial charge in [-0.05, 0) is 44.4 Å². The van der Waals surface area contributed by atoms with Crippen molar-refractivity contribution >= 4 is 0 Å². The molecule has 0 amide bonds. The second-order valence-corrected chi connectivity index (χ2v) is 3.53. The predicted octanol–water partition coefficient (Wildman–Crippen LogP) is 1.71. The van der Waals surface area contributed by atoms with Gasteiger partial charge in [0, 0.05) is 19.4 Å². The first-order chi connectivity index (χ1) is 7.27. The Morgan fingerprint density at radius 2 is 1.60 bits per heavy atom. The van der Waals surface area contributed by atoms with E-state index >= 15 is 0 Å². The Kier molecular flexibility index (Phi) is 10.4. The molecular weight excluding hydrogens is 188 g/mol. The van der Waals surface area contributed by atoms with Crippen molar-refractivity contribution in [2.75, 3.05) is 6.61 Å². The van der Waals surface area contributed by atoms with Crippen molar-refractivity contribution in [2.45, 2.75) is 51.6 Å². The fraction of sp³-hybridized carbons (Fsp3) is 0.692. The molecule has 15 heavy (non-hydrogen) atoms. The highest BCUT2D eigenvalue weighted by molar-refractivity contribution is 5.25. The number of hydrogen-bond donors (Lipinski definition) is 2. The normalized spacial score (nSPS) is 10.9. The van der Waals surface area contributed by atoms with Crippen molar-refractivity contribution in [2.24, 2.45) is 0 Å². The van der Waals surface area contributed by atoms with E-state index in [1.165, 1.54) is 0 Å². The molecule has 0 saturated heterocycles. The molecule has 0 bridgehead atoms. The van der Waals surface area contributed by atoms with Crippen LogP contribution in [0.5, 0.6) is 0 Å². The molecule has 0 rings (SSSR count). The van der Waals surface area contributed by atoms with Crippen LogP contribution in [0.3, 0.4) is 0 Å². The Morgan fingerprint density at radius 1 is 1.00 bits per heavy atom. The molecule has 0 aliphatic carbocycles. The van der Waals surface area contributed by atoms with Crippen LogP contribution in [-0.2, 0) is 0 Å². The quantitative estimate of drug-likeness (QED) is 0.515. The van der Waals surface area contributed by atoms with Crippen LogP contribution in [0.1, 0.15) is 45.4 Å². The molecule has 0 aromatic rings. The van der Waals surface area contributed by atoms with E-state index in [-0.39, 0.29) is 12.7 Å². The maximum Gasteiger partial charge on any atom is 0.0512 e. The van der Waals surface area contributed by atoms with Crippen LogP contribution < -0.4 is 0 Å². The minimum absolute atomic E-state index is 0.226. The zero-order valence-corrected chi connectivity index (χ0v) is 9.42. The predicted molar refractivity (Wildman–Crippen MR) is 62.0 cm³/mol. The van der Waals surface area contributed by atoms with Crippen molar-refractivity contribution in [3.63, 3.8) is 0 Å². The van der Waals surface area contributed by atoms with Crippen molar-refractivity contribution in [1.82, 2.24) is 0 Å². The van der Waals surface area contributed by atoms with Crippen LogP contribution in [0.25, 0.3) is 0 Å². The molecular formula is C13H20O2. The number of hydrogen-bond acceptors (Lipinski definition) is 2. The highest BCUT2D eigenvalue weighted by Gasteiger charge is 1.91. The first-order valence-electron chi connectivity index (χ1n) is 5.52. The lowest BCUT2D eigenvalue weighted by atomic mass is 10.2. The number of aliphatic hydroxyl groups excluding tert-OH is 2. The lowest BCUT2D eigenvalue weighted by molar-refractivity contribution is 0.182. The average Bonchev–Trinajstić information content (AvgIpc) is 2.20. The molecule has 0 spiro atoms. The topological polar surface area (TPSA) is 40.5 Å². The molecule has 0 fully saturated rings. The van der Waals surface area contributed by atoms with Gasteiger partial charge in [0.2, 0.25) is 0 Å². The zero-order valence-electron chi connectivity index (χ0n) is 9.42. The molecule has 0 saturated carbocycles.